The predicted molar refractivity (Wildman–Crippen MR) is 80.1 cm³/mol. The molecule has 1 aromatic heterocycles. The van der Waals surface area contributed by atoms with Crippen LogP contribution >= 0.6 is 22.6 Å². The number of aromatic nitrogens is 1. The van der Waals surface area contributed by atoms with Gasteiger partial charge in [-0.15, -0.1) is 0 Å². The molecule has 0 saturated heterocycles. The van der Waals surface area contributed by atoms with Crippen molar-refractivity contribution in [2.75, 3.05) is 5.75 Å². The molecule has 0 N–H and O–H groups in total. The largest absolute Gasteiger partial charge is 0.231 e. The highest BCUT2D eigenvalue weighted by molar-refractivity contribution is 14.1. The standard InChI is InChI=1S/C13H11FINO2S/c1-2-19(17,18)12-7-10(8-16-13(12)14)9-3-5-11(15)6-4-9/h3-8H,2H2,1H3. The fourth-order valence-corrected chi connectivity index (χ4v) is 2.89. The lowest BCUT2D eigenvalue weighted by Crippen LogP contribution is -2.07. The average molecular weight is 391 g/mol. The lowest BCUT2D eigenvalue weighted by Gasteiger charge is -2.06. The molecule has 2 rings (SSSR count). The van der Waals surface area contributed by atoms with E-state index in [1.54, 1.807) is 0 Å². The number of sulfone groups is 1. The first-order chi connectivity index (χ1) is 8.94. The quantitative estimate of drug-likeness (QED) is 0.596. The van der Waals surface area contributed by atoms with Crippen molar-refractivity contribution in [2.24, 2.45) is 0 Å². The molecular formula is C13H11FINO2S. The zero-order valence-electron chi connectivity index (χ0n) is 10.1. The summed E-state index contributed by atoms with van der Waals surface area (Å²) in [6, 6.07) is 8.82. The van der Waals surface area contributed by atoms with Gasteiger partial charge in [0.15, 0.2) is 9.84 Å². The van der Waals surface area contributed by atoms with Crippen LogP contribution < -0.4 is 0 Å². The van der Waals surface area contributed by atoms with Gasteiger partial charge in [0.05, 0.1) is 5.75 Å². The summed E-state index contributed by atoms with van der Waals surface area (Å²) < 4.78 is 38.2. The molecule has 0 aliphatic carbocycles. The van der Waals surface area contributed by atoms with Crippen LogP contribution in [0.1, 0.15) is 6.92 Å². The molecule has 2 aromatic rings. The Hall–Kier alpha value is -1.02. The minimum atomic E-state index is -3.61. The lowest BCUT2D eigenvalue weighted by atomic mass is 10.1. The van der Waals surface area contributed by atoms with Crippen molar-refractivity contribution in [3.8, 4) is 11.1 Å². The molecule has 0 aliphatic rings. The second kappa shape index (κ2) is 5.54. The van der Waals surface area contributed by atoms with Gasteiger partial charge in [0.1, 0.15) is 4.90 Å². The molecule has 3 nitrogen and oxygen atoms in total. The molecule has 6 heteroatoms. The number of rotatable bonds is 3. The molecule has 0 bridgehead atoms. The third-order valence-electron chi connectivity index (χ3n) is 2.70. The summed E-state index contributed by atoms with van der Waals surface area (Å²) in [7, 11) is -3.61. The molecule has 0 radical (unpaired) electrons. The molecule has 0 fully saturated rings. The average Bonchev–Trinajstić information content (AvgIpc) is 2.40. The first-order valence-electron chi connectivity index (χ1n) is 5.58. The summed E-state index contributed by atoms with van der Waals surface area (Å²) in [5.74, 6) is -1.10. The van der Waals surface area contributed by atoms with Gasteiger partial charge in [-0.1, -0.05) is 19.1 Å². The zero-order chi connectivity index (χ0) is 14.0. The van der Waals surface area contributed by atoms with E-state index in [2.05, 4.69) is 27.6 Å². The lowest BCUT2D eigenvalue weighted by molar-refractivity contribution is 0.539. The van der Waals surface area contributed by atoms with Gasteiger partial charge in [0, 0.05) is 15.3 Å². The summed E-state index contributed by atoms with van der Waals surface area (Å²) in [5, 5.41) is 0. The summed E-state index contributed by atoms with van der Waals surface area (Å²) in [4.78, 5) is 3.20. The maximum absolute atomic E-state index is 13.5. The van der Waals surface area contributed by atoms with Crippen LogP contribution in [-0.2, 0) is 9.84 Å². The van der Waals surface area contributed by atoms with Crippen molar-refractivity contribution >= 4 is 32.4 Å². The van der Waals surface area contributed by atoms with Crippen molar-refractivity contribution in [3.05, 3.63) is 46.0 Å². The van der Waals surface area contributed by atoms with Gasteiger partial charge in [-0.3, -0.25) is 0 Å². The molecule has 0 spiro atoms. The smallest absolute Gasteiger partial charge is 0.227 e. The summed E-state index contributed by atoms with van der Waals surface area (Å²) >= 11 is 2.18. The maximum Gasteiger partial charge on any atom is 0.231 e. The van der Waals surface area contributed by atoms with Crippen molar-refractivity contribution in [1.29, 1.82) is 0 Å². The zero-order valence-corrected chi connectivity index (χ0v) is 13.1. The molecule has 0 saturated carbocycles. The van der Waals surface area contributed by atoms with E-state index in [0.29, 0.717) is 5.56 Å². The molecular weight excluding hydrogens is 380 g/mol. The van der Waals surface area contributed by atoms with E-state index in [4.69, 9.17) is 0 Å². The highest BCUT2D eigenvalue weighted by Crippen LogP contribution is 2.24. The minimum Gasteiger partial charge on any atom is -0.227 e. The second-order valence-corrected chi connectivity index (χ2v) is 7.42. The number of halogens is 2. The summed E-state index contributed by atoms with van der Waals surface area (Å²) in [5.41, 5.74) is 1.39. The number of hydrogen-bond donors (Lipinski definition) is 0. The fraction of sp³-hybridized carbons (Fsp3) is 0.154. The molecule has 1 heterocycles. The monoisotopic (exact) mass is 391 g/mol. The topological polar surface area (TPSA) is 47.0 Å². The van der Waals surface area contributed by atoms with Crippen molar-refractivity contribution in [3.63, 3.8) is 0 Å². The van der Waals surface area contributed by atoms with Crippen LogP contribution in [0.5, 0.6) is 0 Å². The highest BCUT2D eigenvalue weighted by Gasteiger charge is 2.19. The third-order valence-corrected chi connectivity index (χ3v) is 5.14. The Morgan fingerprint density at radius 3 is 2.42 bits per heavy atom. The minimum absolute atomic E-state index is 0.151. The molecule has 0 aliphatic heterocycles. The summed E-state index contributed by atoms with van der Waals surface area (Å²) in [6.45, 7) is 1.48. The normalized spacial score (nSPS) is 11.5. The third kappa shape index (κ3) is 3.11. The Morgan fingerprint density at radius 1 is 1.21 bits per heavy atom. The van der Waals surface area contributed by atoms with Crippen LogP contribution in [0.2, 0.25) is 0 Å². The Kier molecular flexibility index (Phi) is 4.19. The van der Waals surface area contributed by atoms with E-state index in [1.165, 1.54) is 19.2 Å². The Bertz CT molecular complexity index is 699. The molecule has 100 valence electrons. The first-order valence-corrected chi connectivity index (χ1v) is 8.31. The van der Waals surface area contributed by atoms with Crippen LogP contribution in [0.15, 0.2) is 41.4 Å². The van der Waals surface area contributed by atoms with E-state index >= 15 is 0 Å². The van der Waals surface area contributed by atoms with E-state index in [9.17, 15) is 12.8 Å². The van der Waals surface area contributed by atoms with Gasteiger partial charge in [0.2, 0.25) is 5.95 Å². The van der Waals surface area contributed by atoms with Crippen LogP contribution in [-0.4, -0.2) is 19.2 Å². The van der Waals surface area contributed by atoms with Gasteiger partial charge in [-0.2, -0.15) is 4.39 Å². The van der Waals surface area contributed by atoms with Crippen LogP contribution in [0, 0.1) is 9.52 Å². The predicted octanol–water partition coefficient (Wildman–Crippen LogP) is 3.29. The molecule has 0 atom stereocenters. The van der Waals surface area contributed by atoms with E-state index < -0.39 is 15.8 Å². The van der Waals surface area contributed by atoms with E-state index in [-0.39, 0.29) is 10.6 Å². The van der Waals surface area contributed by atoms with Crippen LogP contribution in [0.25, 0.3) is 11.1 Å². The molecule has 1 aromatic carbocycles. The number of hydrogen-bond acceptors (Lipinski definition) is 3. The van der Waals surface area contributed by atoms with Crippen LogP contribution in [0.3, 0.4) is 0 Å². The molecule has 0 amide bonds. The van der Waals surface area contributed by atoms with E-state index in [0.717, 1.165) is 9.13 Å². The fourth-order valence-electron chi connectivity index (χ4n) is 1.60. The van der Waals surface area contributed by atoms with Gasteiger partial charge in [-0.05, 0) is 46.4 Å². The van der Waals surface area contributed by atoms with Gasteiger partial charge >= 0.3 is 0 Å². The number of benzene rings is 1. The molecule has 0 unspecified atom stereocenters. The van der Waals surface area contributed by atoms with Crippen molar-refractivity contribution in [2.45, 2.75) is 11.8 Å². The first kappa shape index (κ1) is 14.4. The van der Waals surface area contributed by atoms with Crippen LogP contribution in [0.4, 0.5) is 4.39 Å². The highest BCUT2D eigenvalue weighted by atomic mass is 127. The van der Waals surface area contributed by atoms with Gasteiger partial charge in [0.25, 0.3) is 0 Å². The summed E-state index contributed by atoms with van der Waals surface area (Å²) in [6.07, 6.45) is 1.34. The van der Waals surface area contributed by atoms with Crippen molar-refractivity contribution < 1.29 is 12.8 Å². The Balaban J connectivity index is 2.56. The number of nitrogens with zero attached hydrogens (tertiary/aromatic N) is 1. The number of pyridine rings is 1. The maximum atomic E-state index is 13.5. The van der Waals surface area contributed by atoms with Crippen molar-refractivity contribution in [1.82, 2.24) is 4.98 Å². The second-order valence-electron chi connectivity index (χ2n) is 3.92. The van der Waals surface area contributed by atoms with Gasteiger partial charge < -0.3 is 0 Å². The van der Waals surface area contributed by atoms with Gasteiger partial charge in [-0.25, -0.2) is 13.4 Å². The molecule has 19 heavy (non-hydrogen) atoms. The SMILES string of the molecule is CCS(=O)(=O)c1cc(-c2ccc(I)cc2)cnc1F. The Labute approximate surface area is 124 Å². The Morgan fingerprint density at radius 2 is 1.84 bits per heavy atom. The van der Waals surface area contributed by atoms with E-state index in [1.807, 2.05) is 24.3 Å².